The number of aryl methyl sites for hydroxylation is 1. The molecule has 0 aromatic carbocycles. The summed E-state index contributed by atoms with van der Waals surface area (Å²) in [7, 11) is 1.95. The summed E-state index contributed by atoms with van der Waals surface area (Å²) in [5.41, 5.74) is 2.44. The maximum absolute atomic E-state index is 10.5. The zero-order chi connectivity index (χ0) is 15.5. The van der Waals surface area contributed by atoms with E-state index in [4.69, 9.17) is 5.11 Å². The van der Waals surface area contributed by atoms with Gasteiger partial charge in [-0.05, 0) is 37.0 Å². The van der Waals surface area contributed by atoms with Crippen molar-refractivity contribution in [3.63, 3.8) is 0 Å². The van der Waals surface area contributed by atoms with Crippen LogP contribution in [0.3, 0.4) is 0 Å². The molecule has 1 saturated carbocycles. The van der Waals surface area contributed by atoms with Gasteiger partial charge in [-0.25, -0.2) is 9.78 Å². The average Bonchev–Trinajstić information content (AvgIpc) is 3.00. The van der Waals surface area contributed by atoms with Crippen molar-refractivity contribution in [3.05, 3.63) is 39.6 Å². The molecule has 0 radical (unpaired) electrons. The predicted octanol–water partition coefficient (Wildman–Crippen LogP) is 3.41. The van der Waals surface area contributed by atoms with E-state index in [1.54, 1.807) is 12.3 Å². The zero-order valence-electron chi connectivity index (χ0n) is 12.3. The molecule has 114 valence electrons. The Kier molecular flexibility index (Phi) is 4.20. The Morgan fingerprint density at radius 1 is 1.36 bits per heavy atom. The van der Waals surface area contributed by atoms with Gasteiger partial charge in [-0.1, -0.05) is 6.42 Å². The van der Waals surface area contributed by atoms with Crippen molar-refractivity contribution in [3.8, 4) is 0 Å². The molecule has 2 aromatic heterocycles. The Balaban J connectivity index is 1.77. The lowest BCUT2D eigenvalue weighted by Crippen LogP contribution is -2.09. The molecule has 0 saturated heterocycles. The van der Waals surface area contributed by atoms with Crippen LogP contribution in [-0.2, 0) is 11.8 Å². The molecule has 5 nitrogen and oxygen atoms in total. The molecule has 0 amide bonds. The topological polar surface area (TPSA) is 68.0 Å². The third-order valence-corrected chi connectivity index (χ3v) is 4.80. The summed E-state index contributed by atoms with van der Waals surface area (Å²) in [6.07, 6.45) is 14.1. The number of nitrogens with zero attached hydrogens (tertiary/aromatic N) is 3. The van der Waals surface area contributed by atoms with Gasteiger partial charge in [0, 0.05) is 29.8 Å². The van der Waals surface area contributed by atoms with Crippen molar-refractivity contribution in [2.45, 2.75) is 25.2 Å². The minimum absolute atomic E-state index is 0.638. The summed E-state index contributed by atoms with van der Waals surface area (Å²) in [6.45, 7) is 0. The van der Waals surface area contributed by atoms with Crippen LogP contribution in [0.5, 0.6) is 0 Å². The molecular formula is C16H17N3O2S. The summed E-state index contributed by atoms with van der Waals surface area (Å²) < 4.78 is 1.89. The fourth-order valence-corrected chi connectivity index (χ4v) is 3.18. The molecule has 0 atom stereocenters. The number of aliphatic carboxylic acids is 1. The van der Waals surface area contributed by atoms with Crippen LogP contribution >= 0.6 is 11.3 Å². The highest BCUT2D eigenvalue weighted by atomic mass is 32.1. The van der Waals surface area contributed by atoms with E-state index in [2.05, 4.69) is 10.1 Å². The first-order chi connectivity index (χ1) is 10.6. The van der Waals surface area contributed by atoms with Gasteiger partial charge in [0.2, 0.25) is 0 Å². The molecule has 0 unspecified atom stereocenters. The maximum Gasteiger partial charge on any atom is 0.328 e. The standard InChI is InChI=1S/C16H17N3O2S/c1-19-14(13(10-18-19)11-3-2-4-11)6-7-15-17-9-12(22-15)5-8-16(20)21/h5-11H,2-4H2,1H3,(H,20,21)/b7-6+,8-5+. The lowest BCUT2D eigenvalue weighted by atomic mass is 9.80. The third-order valence-electron chi connectivity index (χ3n) is 3.87. The number of aromatic nitrogens is 3. The first-order valence-electron chi connectivity index (χ1n) is 7.20. The largest absolute Gasteiger partial charge is 0.478 e. The molecule has 2 heterocycles. The molecule has 1 N–H and O–H groups in total. The lowest BCUT2D eigenvalue weighted by Gasteiger charge is -2.25. The van der Waals surface area contributed by atoms with Gasteiger partial charge in [0.15, 0.2) is 0 Å². The summed E-state index contributed by atoms with van der Waals surface area (Å²) in [6, 6.07) is 0. The number of carboxylic acid groups (broad SMARTS) is 1. The molecule has 0 aliphatic heterocycles. The van der Waals surface area contributed by atoms with E-state index in [0.29, 0.717) is 5.92 Å². The van der Waals surface area contributed by atoms with E-state index in [1.807, 2.05) is 30.1 Å². The average molecular weight is 315 g/mol. The van der Waals surface area contributed by atoms with Crippen LogP contribution in [0.15, 0.2) is 18.5 Å². The highest BCUT2D eigenvalue weighted by Crippen LogP contribution is 2.38. The fourth-order valence-electron chi connectivity index (χ4n) is 2.46. The molecule has 2 aromatic rings. The fraction of sp³-hybridized carbons (Fsp3) is 0.312. The van der Waals surface area contributed by atoms with Crippen LogP contribution in [0.25, 0.3) is 18.2 Å². The van der Waals surface area contributed by atoms with Crippen LogP contribution in [-0.4, -0.2) is 25.8 Å². The monoisotopic (exact) mass is 315 g/mol. The SMILES string of the molecule is Cn1ncc(C2CCC2)c1/C=C/c1ncc(/C=C/C(=O)O)s1. The summed E-state index contributed by atoms with van der Waals surface area (Å²) in [5, 5.41) is 13.8. The van der Waals surface area contributed by atoms with Crippen molar-refractivity contribution in [1.82, 2.24) is 14.8 Å². The van der Waals surface area contributed by atoms with E-state index in [0.717, 1.165) is 21.7 Å². The maximum atomic E-state index is 10.5. The lowest BCUT2D eigenvalue weighted by molar-refractivity contribution is -0.131. The van der Waals surface area contributed by atoms with Crippen LogP contribution in [0.2, 0.25) is 0 Å². The third kappa shape index (κ3) is 3.17. The zero-order valence-corrected chi connectivity index (χ0v) is 13.1. The van der Waals surface area contributed by atoms with E-state index < -0.39 is 5.97 Å². The highest BCUT2D eigenvalue weighted by molar-refractivity contribution is 7.13. The number of thiazole rings is 1. The highest BCUT2D eigenvalue weighted by Gasteiger charge is 2.23. The van der Waals surface area contributed by atoms with Crippen LogP contribution in [0.1, 0.15) is 46.3 Å². The Hall–Kier alpha value is -2.21. The van der Waals surface area contributed by atoms with Gasteiger partial charge in [-0.15, -0.1) is 11.3 Å². The number of rotatable bonds is 5. The Bertz CT molecular complexity index is 738. The molecule has 3 rings (SSSR count). The van der Waals surface area contributed by atoms with Crippen molar-refractivity contribution >= 4 is 35.5 Å². The van der Waals surface area contributed by atoms with Gasteiger partial charge in [-0.2, -0.15) is 5.10 Å². The van der Waals surface area contributed by atoms with Gasteiger partial charge < -0.3 is 5.11 Å². The minimum atomic E-state index is -0.953. The van der Waals surface area contributed by atoms with Crippen LogP contribution in [0, 0.1) is 0 Å². The van der Waals surface area contributed by atoms with Gasteiger partial charge in [0.25, 0.3) is 0 Å². The Morgan fingerprint density at radius 3 is 2.86 bits per heavy atom. The number of carbonyl (C=O) groups is 1. The van der Waals surface area contributed by atoms with E-state index in [1.165, 1.54) is 36.2 Å². The van der Waals surface area contributed by atoms with Crippen molar-refractivity contribution in [2.24, 2.45) is 7.05 Å². The normalized spacial score (nSPS) is 15.7. The molecular weight excluding hydrogens is 298 g/mol. The van der Waals surface area contributed by atoms with E-state index >= 15 is 0 Å². The predicted molar refractivity (Wildman–Crippen MR) is 87.5 cm³/mol. The molecule has 22 heavy (non-hydrogen) atoms. The van der Waals surface area contributed by atoms with Gasteiger partial charge >= 0.3 is 5.97 Å². The second-order valence-corrected chi connectivity index (χ2v) is 6.44. The second-order valence-electron chi connectivity index (χ2n) is 5.34. The molecule has 1 fully saturated rings. The first-order valence-corrected chi connectivity index (χ1v) is 8.02. The Morgan fingerprint density at radius 2 is 2.18 bits per heavy atom. The molecule has 1 aliphatic carbocycles. The van der Waals surface area contributed by atoms with Gasteiger partial charge in [-0.3, -0.25) is 4.68 Å². The molecule has 0 bridgehead atoms. The summed E-state index contributed by atoms with van der Waals surface area (Å²) in [4.78, 5) is 15.6. The second kappa shape index (κ2) is 6.27. The number of hydrogen-bond donors (Lipinski definition) is 1. The van der Waals surface area contributed by atoms with E-state index in [9.17, 15) is 4.79 Å². The van der Waals surface area contributed by atoms with Crippen molar-refractivity contribution in [1.29, 1.82) is 0 Å². The van der Waals surface area contributed by atoms with Crippen molar-refractivity contribution < 1.29 is 9.90 Å². The Labute approximate surface area is 132 Å². The molecule has 6 heteroatoms. The van der Waals surface area contributed by atoms with Crippen LogP contribution < -0.4 is 0 Å². The van der Waals surface area contributed by atoms with Crippen molar-refractivity contribution in [2.75, 3.05) is 0 Å². The quantitative estimate of drug-likeness (QED) is 0.859. The van der Waals surface area contributed by atoms with Crippen LogP contribution in [0.4, 0.5) is 0 Å². The molecule has 0 spiro atoms. The summed E-state index contributed by atoms with van der Waals surface area (Å²) in [5.74, 6) is -0.316. The van der Waals surface area contributed by atoms with E-state index in [-0.39, 0.29) is 0 Å². The number of hydrogen-bond acceptors (Lipinski definition) is 4. The first kappa shape index (κ1) is 14.7. The smallest absolute Gasteiger partial charge is 0.328 e. The van der Waals surface area contributed by atoms with Gasteiger partial charge in [0.1, 0.15) is 5.01 Å². The minimum Gasteiger partial charge on any atom is -0.478 e. The molecule has 1 aliphatic rings. The number of carboxylic acids is 1. The van der Waals surface area contributed by atoms with Gasteiger partial charge in [0.05, 0.1) is 11.9 Å². The summed E-state index contributed by atoms with van der Waals surface area (Å²) >= 11 is 1.46.